The number of hydrogen-bond donors (Lipinski definition) is 3. The zero-order valence-electron chi connectivity index (χ0n) is 21.0. The second-order valence-electron chi connectivity index (χ2n) is 10.1. The number of ether oxygens (including phenoxy) is 1. The molecule has 8 nitrogen and oxygen atoms in total. The Bertz CT molecular complexity index is 1080. The number of aliphatic hydroxyl groups is 1. The van der Waals surface area contributed by atoms with Crippen LogP contribution in [0.4, 0.5) is 20.6 Å². The quantitative estimate of drug-likeness (QED) is 0.511. The second kappa shape index (κ2) is 11.3. The maximum absolute atomic E-state index is 13.5. The van der Waals surface area contributed by atoms with Gasteiger partial charge in [0, 0.05) is 36.9 Å². The molecule has 4 rings (SSSR count). The molecule has 0 unspecified atom stereocenters. The van der Waals surface area contributed by atoms with Crippen molar-refractivity contribution in [2.45, 2.75) is 38.8 Å². The zero-order valence-corrected chi connectivity index (χ0v) is 21.0. The van der Waals surface area contributed by atoms with Gasteiger partial charge in [-0.1, -0.05) is 6.92 Å². The molecule has 194 valence electrons. The van der Waals surface area contributed by atoms with Crippen LogP contribution in [0.1, 0.15) is 37.0 Å². The number of aliphatic hydroxyl groups excluding tert-OH is 1. The number of amides is 3. The summed E-state index contributed by atoms with van der Waals surface area (Å²) in [4.78, 5) is 30.0. The monoisotopic (exact) mass is 498 g/mol. The summed E-state index contributed by atoms with van der Waals surface area (Å²) in [6.07, 6.45) is 2.40. The van der Waals surface area contributed by atoms with Crippen LogP contribution in [-0.2, 0) is 0 Å². The van der Waals surface area contributed by atoms with E-state index in [1.54, 1.807) is 23.1 Å². The van der Waals surface area contributed by atoms with Gasteiger partial charge in [0.15, 0.2) is 0 Å². The van der Waals surface area contributed by atoms with E-state index in [1.165, 1.54) is 37.1 Å². The van der Waals surface area contributed by atoms with Crippen LogP contribution in [0.25, 0.3) is 0 Å². The minimum absolute atomic E-state index is 0.0528. The van der Waals surface area contributed by atoms with Crippen molar-refractivity contribution >= 4 is 23.3 Å². The number of rotatable bonds is 8. The number of anilines is 2. The first kappa shape index (κ1) is 25.9. The smallest absolute Gasteiger partial charge is 0.323 e. The number of likely N-dealkylation sites (N-methyl/N-ethyl adjacent to an activating group) is 1. The Morgan fingerprint density at radius 3 is 2.50 bits per heavy atom. The lowest BCUT2D eigenvalue weighted by molar-refractivity contribution is 0.0344. The van der Waals surface area contributed by atoms with Gasteiger partial charge in [0.05, 0.1) is 18.2 Å². The standard InChI is InChI=1S/C27H35FN4O4/c1-17-13-32(18(2)16-33)26(34)23-12-22(30-27(35)29-21-8-6-20(28)7-9-21)10-11-24(23)36-25(17)15-31(3)14-19-4-5-19/h6-12,17-19,25,33H,4-5,13-16H2,1-3H3,(H2,29,30,35)/t17-,18+,25-/m0/s1. The third kappa shape index (κ3) is 6.53. The number of carbonyl (C=O) groups is 2. The van der Waals surface area contributed by atoms with Gasteiger partial charge in [-0.25, -0.2) is 9.18 Å². The number of fused-ring (bicyclic) bond motifs is 1. The summed E-state index contributed by atoms with van der Waals surface area (Å²) in [5.74, 6) is 0.612. The molecule has 3 amide bonds. The van der Waals surface area contributed by atoms with Crippen LogP contribution in [0.2, 0.25) is 0 Å². The summed E-state index contributed by atoms with van der Waals surface area (Å²) in [7, 11) is 2.10. The lowest BCUT2D eigenvalue weighted by atomic mass is 9.99. The Labute approximate surface area is 211 Å². The molecule has 3 N–H and O–H groups in total. The van der Waals surface area contributed by atoms with Crippen molar-refractivity contribution in [3.63, 3.8) is 0 Å². The Hall–Kier alpha value is -3.17. The summed E-state index contributed by atoms with van der Waals surface area (Å²) >= 11 is 0. The van der Waals surface area contributed by atoms with Crippen molar-refractivity contribution in [2.24, 2.45) is 11.8 Å². The molecule has 1 aliphatic carbocycles. The van der Waals surface area contributed by atoms with Crippen LogP contribution in [-0.4, -0.2) is 72.3 Å². The Morgan fingerprint density at radius 1 is 1.17 bits per heavy atom. The molecule has 1 aliphatic heterocycles. The summed E-state index contributed by atoms with van der Waals surface area (Å²) in [6, 6.07) is 9.54. The topological polar surface area (TPSA) is 94.1 Å². The first-order chi connectivity index (χ1) is 17.2. The molecular weight excluding hydrogens is 463 g/mol. The molecule has 0 bridgehead atoms. The number of nitrogens with one attached hydrogen (secondary N) is 2. The highest BCUT2D eigenvalue weighted by molar-refractivity contribution is 6.02. The molecule has 0 aromatic heterocycles. The Balaban J connectivity index is 1.55. The molecule has 36 heavy (non-hydrogen) atoms. The first-order valence-corrected chi connectivity index (χ1v) is 12.5. The molecule has 1 heterocycles. The fraction of sp³-hybridized carbons (Fsp3) is 0.481. The molecule has 2 aliphatic rings. The van der Waals surface area contributed by atoms with Gasteiger partial charge in [0.2, 0.25) is 0 Å². The van der Waals surface area contributed by atoms with Gasteiger partial charge in [-0.05, 0) is 75.2 Å². The van der Waals surface area contributed by atoms with E-state index in [4.69, 9.17) is 4.74 Å². The van der Waals surface area contributed by atoms with Gasteiger partial charge in [-0.15, -0.1) is 0 Å². The van der Waals surface area contributed by atoms with Crippen molar-refractivity contribution in [3.05, 3.63) is 53.8 Å². The minimum Gasteiger partial charge on any atom is -0.488 e. The van der Waals surface area contributed by atoms with Gasteiger partial charge in [0.1, 0.15) is 17.7 Å². The highest BCUT2D eigenvalue weighted by Crippen LogP contribution is 2.32. The fourth-order valence-electron chi connectivity index (χ4n) is 4.47. The third-order valence-electron chi connectivity index (χ3n) is 6.78. The van der Waals surface area contributed by atoms with Crippen molar-refractivity contribution in [1.29, 1.82) is 0 Å². The molecule has 0 saturated heterocycles. The van der Waals surface area contributed by atoms with Gasteiger partial charge >= 0.3 is 6.03 Å². The molecule has 0 radical (unpaired) electrons. The van der Waals surface area contributed by atoms with E-state index >= 15 is 0 Å². The van der Waals surface area contributed by atoms with E-state index in [0.29, 0.717) is 29.2 Å². The van der Waals surface area contributed by atoms with Crippen LogP contribution in [0, 0.1) is 17.7 Å². The number of halogens is 1. The van der Waals surface area contributed by atoms with E-state index in [0.717, 1.165) is 19.0 Å². The van der Waals surface area contributed by atoms with Gasteiger partial charge in [-0.3, -0.25) is 4.79 Å². The molecule has 0 spiro atoms. The maximum atomic E-state index is 13.5. The second-order valence-corrected chi connectivity index (χ2v) is 10.1. The largest absolute Gasteiger partial charge is 0.488 e. The third-order valence-corrected chi connectivity index (χ3v) is 6.78. The maximum Gasteiger partial charge on any atom is 0.323 e. The molecular formula is C27H35FN4O4. The van der Waals surface area contributed by atoms with Crippen LogP contribution in [0.3, 0.4) is 0 Å². The Morgan fingerprint density at radius 2 is 1.83 bits per heavy atom. The molecule has 2 aromatic carbocycles. The van der Waals surface area contributed by atoms with E-state index < -0.39 is 11.8 Å². The van der Waals surface area contributed by atoms with E-state index in [1.807, 2.05) is 6.92 Å². The van der Waals surface area contributed by atoms with E-state index in [-0.39, 0.29) is 30.6 Å². The predicted octanol–water partition coefficient (Wildman–Crippen LogP) is 4.03. The van der Waals surface area contributed by atoms with Gasteiger partial charge in [0.25, 0.3) is 5.91 Å². The number of urea groups is 1. The van der Waals surface area contributed by atoms with Gasteiger partial charge < -0.3 is 30.3 Å². The predicted molar refractivity (Wildman–Crippen MR) is 137 cm³/mol. The molecule has 1 fully saturated rings. The van der Waals surface area contributed by atoms with Crippen LogP contribution >= 0.6 is 0 Å². The van der Waals surface area contributed by atoms with Crippen molar-refractivity contribution < 1.29 is 23.8 Å². The lowest BCUT2D eigenvalue weighted by Gasteiger charge is -2.38. The average Bonchev–Trinajstić information content (AvgIpc) is 3.66. The first-order valence-electron chi connectivity index (χ1n) is 12.5. The van der Waals surface area contributed by atoms with Crippen LogP contribution < -0.4 is 15.4 Å². The highest BCUT2D eigenvalue weighted by atomic mass is 19.1. The van der Waals surface area contributed by atoms with Crippen LogP contribution in [0.15, 0.2) is 42.5 Å². The number of benzene rings is 2. The molecule has 2 aromatic rings. The van der Waals surface area contributed by atoms with Crippen molar-refractivity contribution in [3.8, 4) is 5.75 Å². The minimum atomic E-state index is -0.519. The summed E-state index contributed by atoms with van der Waals surface area (Å²) < 4.78 is 19.5. The van der Waals surface area contributed by atoms with E-state index in [2.05, 4.69) is 29.5 Å². The number of nitrogens with zero attached hydrogens (tertiary/aromatic N) is 2. The van der Waals surface area contributed by atoms with Crippen molar-refractivity contribution in [2.75, 3.05) is 43.9 Å². The zero-order chi connectivity index (χ0) is 25.8. The summed E-state index contributed by atoms with van der Waals surface area (Å²) in [5, 5.41) is 15.2. The molecule has 9 heteroatoms. The lowest BCUT2D eigenvalue weighted by Crippen LogP contribution is -2.50. The van der Waals surface area contributed by atoms with Gasteiger partial charge in [-0.2, -0.15) is 0 Å². The molecule has 3 atom stereocenters. The van der Waals surface area contributed by atoms with Crippen LogP contribution in [0.5, 0.6) is 5.75 Å². The SMILES string of the molecule is C[C@H](CO)N1C[C@H](C)[C@H](CN(C)CC2CC2)Oc2ccc(NC(=O)Nc3ccc(F)cc3)cc2C1=O. The number of carbonyl (C=O) groups excluding carboxylic acids is 2. The van der Waals surface area contributed by atoms with E-state index in [9.17, 15) is 19.1 Å². The fourth-order valence-corrected chi connectivity index (χ4v) is 4.47. The number of hydrogen-bond acceptors (Lipinski definition) is 5. The highest BCUT2D eigenvalue weighted by Gasteiger charge is 2.34. The van der Waals surface area contributed by atoms with Crippen molar-refractivity contribution in [1.82, 2.24) is 9.80 Å². The summed E-state index contributed by atoms with van der Waals surface area (Å²) in [5.41, 5.74) is 1.18. The normalized spacial score (nSPS) is 20.7. The average molecular weight is 499 g/mol. The Kier molecular flexibility index (Phi) is 8.11. The summed E-state index contributed by atoms with van der Waals surface area (Å²) in [6.45, 7) is 5.94. The molecule has 1 saturated carbocycles.